The molecule has 1 rings (SSSR count). The summed E-state index contributed by atoms with van der Waals surface area (Å²) in [4.78, 5) is 22.4. The number of benzene rings is 1. The van der Waals surface area contributed by atoms with E-state index in [1.165, 1.54) is 14.0 Å². The molecule has 19 heavy (non-hydrogen) atoms. The van der Waals surface area contributed by atoms with Gasteiger partial charge in [-0.2, -0.15) is 0 Å². The van der Waals surface area contributed by atoms with Crippen LogP contribution in [0.15, 0.2) is 35.9 Å². The van der Waals surface area contributed by atoms with E-state index < -0.39 is 0 Å². The first-order chi connectivity index (χ1) is 9.08. The lowest BCUT2D eigenvalue weighted by Gasteiger charge is -2.05. The van der Waals surface area contributed by atoms with Crippen molar-refractivity contribution in [2.24, 2.45) is 0 Å². The molecule has 0 atom stereocenters. The molecule has 0 bridgehead atoms. The Bertz CT molecular complexity index is 471. The number of Topliss-reactive ketones (excluding diaryl/α,β-unsaturated/α-hetero) is 1. The van der Waals surface area contributed by atoms with Gasteiger partial charge in [-0.05, 0) is 43.7 Å². The Hall–Kier alpha value is -2.10. The fraction of sp³-hybridized carbons (Fsp3) is 0.333. The highest BCUT2D eigenvalue weighted by Gasteiger charge is 2.06. The van der Waals surface area contributed by atoms with Crippen molar-refractivity contribution in [3.63, 3.8) is 0 Å². The van der Waals surface area contributed by atoms with Crippen molar-refractivity contribution in [3.05, 3.63) is 41.5 Å². The fourth-order valence-electron chi connectivity index (χ4n) is 1.53. The monoisotopic (exact) mass is 262 g/mol. The Morgan fingerprint density at radius 3 is 2.32 bits per heavy atom. The molecule has 0 amide bonds. The number of hydrogen-bond donors (Lipinski definition) is 0. The molecule has 0 saturated carbocycles. The Kier molecular flexibility index (Phi) is 5.79. The minimum absolute atomic E-state index is 0.0189. The third-order valence-electron chi connectivity index (χ3n) is 2.67. The summed E-state index contributed by atoms with van der Waals surface area (Å²) in [6.07, 6.45) is 2.30. The zero-order valence-electron chi connectivity index (χ0n) is 11.4. The second kappa shape index (κ2) is 7.36. The molecule has 0 aliphatic rings. The van der Waals surface area contributed by atoms with Crippen LogP contribution >= 0.6 is 0 Å². The molecule has 1 aromatic carbocycles. The zero-order chi connectivity index (χ0) is 14.3. The van der Waals surface area contributed by atoms with Gasteiger partial charge in [0.05, 0.1) is 7.11 Å². The van der Waals surface area contributed by atoms with Gasteiger partial charge in [-0.1, -0.05) is 6.92 Å². The van der Waals surface area contributed by atoms with Gasteiger partial charge >= 0.3 is 5.97 Å². The van der Waals surface area contributed by atoms with Crippen molar-refractivity contribution in [3.8, 4) is 5.75 Å². The SMILES string of the molecule is CCC(=CCOc1ccc(C(C)=O)cc1)C(=O)OC. The van der Waals surface area contributed by atoms with Crippen LogP contribution in [-0.4, -0.2) is 25.5 Å². The van der Waals surface area contributed by atoms with E-state index >= 15 is 0 Å². The number of rotatable bonds is 6. The second-order valence-corrected chi connectivity index (χ2v) is 3.97. The van der Waals surface area contributed by atoms with E-state index in [1.54, 1.807) is 30.3 Å². The van der Waals surface area contributed by atoms with E-state index in [1.807, 2.05) is 6.92 Å². The molecule has 102 valence electrons. The van der Waals surface area contributed by atoms with E-state index in [4.69, 9.17) is 4.74 Å². The molecule has 0 aromatic heterocycles. The van der Waals surface area contributed by atoms with Crippen molar-refractivity contribution in [2.45, 2.75) is 20.3 Å². The van der Waals surface area contributed by atoms with E-state index in [-0.39, 0.29) is 18.4 Å². The summed E-state index contributed by atoms with van der Waals surface area (Å²) < 4.78 is 10.1. The van der Waals surface area contributed by atoms with Gasteiger partial charge in [0.15, 0.2) is 5.78 Å². The summed E-state index contributed by atoms with van der Waals surface area (Å²) in [5.74, 6) is 0.338. The Morgan fingerprint density at radius 2 is 1.84 bits per heavy atom. The average molecular weight is 262 g/mol. The molecule has 0 spiro atoms. The van der Waals surface area contributed by atoms with Crippen molar-refractivity contribution in [1.29, 1.82) is 0 Å². The van der Waals surface area contributed by atoms with Gasteiger partial charge in [-0.15, -0.1) is 0 Å². The summed E-state index contributed by atoms with van der Waals surface area (Å²) in [6, 6.07) is 6.88. The maximum atomic E-state index is 11.3. The Labute approximate surface area is 113 Å². The van der Waals surface area contributed by atoms with Gasteiger partial charge in [-0.25, -0.2) is 4.79 Å². The van der Waals surface area contributed by atoms with Crippen LogP contribution in [0.5, 0.6) is 5.75 Å². The van der Waals surface area contributed by atoms with Gasteiger partial charge in [0, 0.05) is 11.1 Å². The molecular formula is C15H18O4. The predicted octanol–water partition coefficient (Wildman–Crippen LogP) is 2.78. The third-order valence-corrected chi connectivity index (χ3v) is 2.67. The van der Waals surface area contributed by atoms with Gasteiger partial charge in [0.1, 0.15) is 12.4 Å². The van der Waals surface area contributed by atoms with Crippen molar-refractivity contribution >= 4 is 11.8 Å². The van der Waals surface area contributed by atoms with Crippen LogP contribution in [-0.2, 0) is 9.53 Å². The molecule has 4 heteroatoms. The second-order valence-electron chi connectivity index (χ2n) is 3.97. The molecule has 4 nitrogen and oxygen atoms in total. The van der Waals surface area contributed by atoms with Crippen molar-refractivity contribution in [2.75, 3.05) is 13.7 Å². The van der Waals surface area contributed by atoms with Crippen LogP contribution in [0.3, 0.4) is 0 Å². The lowest BCUT2D eigenvalue weighted by atomic mass is 10.1. The molecule has 0 heterocycles. The molecular weight excluding hydrogens is 244 g/mol. The first-order valence-corrected chi connectivity index (χ1v) is 6.09. The van der Waals surface area contributed by atoms with Gasteiger partial charge in [0.2, 0.25) is 0 Å². The smallest absolute Gasteiger partial charge is 0.333 e. The van der Waals surface area contributed by atoms with Crippen LogP contribution in [0.4, 0.5) is 0 Å². The van der Waals surface area contributed by atoms with Gasteiger partial charge < -0.3 is 9.47 Å². The molecule has 0 saturated heterocycles. The first-order valence-electron chi connectivity index (χ1n) is 6.09. The standard InChI is InChI=1S/C15H18O4/c1-4-12(15(17)18-3)9-10-19-14-7-5-13(6-8-14)11(2)16/h5-9H,4,10H2,1-3H3. The molecule has 0 aliphatic carbocycles. The molecule has 0 aliphatic heterocycles. The normalized spacial score (nSPS) is 11.0. The number of hydrogen-bond acceptors (Lipinski definition) is 4. The number of carbonyl (C=O) groups is 2. The van der Waals surface area contributed by atoms with Gasteiger partial charge in [-0.3, -0.25) is 4.79 Å². The predicted molar refractivity (Wildman–Crippen MR) is 72.3 cm³/mol. The highest BCUT2D eigenvalue weighted by atomic mass is 16.5. The minimum atomic E-state index is -0.335. The quantitative estimate of drug-likeness (QED) is 0.449. The largest absolute Gasteiger partial charge is 0.490 e. The first kappa shape index (κ1) is 15.0. The van der Waals surface area contributed by atoms with Crippen LogP contribution in [0.1, 0.15) is 30.6 Å². The summed E-state index contributed by atoms with van der Waals surface area (Å²) in [5.41, 5.74) is 1.23. The maximum absolute atomic E-state index is 11.3. The van der Waals surface area contributed by atoms with E-state index in [9.17, 15) is 9.59 Å². The molecule has 1 aromatic rings. The number of carbonyl (C=O) groups excluding carboxylic acids is 2. The van der Waals surface area contributed by atoms with Crippen LogP contribution in [0, 0.1) is 0 Å². The van der Waals surface area contributed by atoms with E-state index in [0.29, 0.717) is 23.3 Å². The Balaban J connectivity index is 2.59. The third kappa shape index (κ3) is 4.58. The highest BCUT2D eigenvalue weighted by molar-refractivity contribution is 5.94. The number of ether oxygens (including phenoxy) is 2. The van der Waals surface area contributed by atoms with Crippen LogP contribution in [0.25, 0.3) is 0 Å². The summed E-state index contributed by atoms with van der Waals surface area (Å²) >= 11 is 0. The lowest BCUT2D eigenvalue weighted by Crippen LogP contribution is -2.06. The maximum Gasteiger partial charge on any atom is 0.333 e. The average Bonchev–Trinajstić information content (AvgIpc) is 2.43. The van der Waals surface area contributed by atoms with Crippen molar-refractivity contribution < 1.29 is 19.1 Å². The molecule has 0 N–H and O–H groups in total. The van der Waals surface area contributed by atoms with Crippen LogP contribution in [0.2, 0.25) is 0 Å². The van der Waals surface area contributed by atoms with E-state index in [0.717, 1.165) is 0 Å². The summed E-state index contributed by atoms with van der Waals surface area (Å²) in [6.45, 7) is 3.69. The molecule has 0 fully saturated rings. The minimum Gasteiger partial charge on any atom is -0.490 e. The number of methoxy groups -OCH3 is 1. The number of esters is 1. The number of ketones is 1. The summed E-state index contributed by atoms with van der Waals surface area (Å²) in [7, 11) is 1.35. The Morgan fingerprint density at radius 1 is 1.21 bits per heavy atom. The zero-order valence-corrected chi connectivity index (χ0v) is 11.4. The van der Waals surface area contributed by atoms with Gasteiger partial charge in [0.25, 0.3) is 0 Å². The lowest BCUT2D eigenvalue weighted by molar-refractivity contribution is -0.136. The fourth-order valence-corrected chi connectivity index (χ4v) is 1.53. The molecule has 0 radical (unpaired) electrons. The topological polar surface area (TPSA) is 52.6 Å². The van der Waals surface area contributed by atoms with Crippen LogP contribution < -0.4 is 4.74 Å². The highest BCUT2D eigenvalue weighted by Crippen LogP contribution is 2.13. The van der Waals surface area contributed by atoms with E-state index in [2.05, 4.69) is 4.74 Å². The van der Waals surface area contributed by atoms with Crippen molar-refractivity contribution in [1.82, 2.24) is 0 Å². The summed E-state index contributed by atoms with van der Waals surface area (Å²) in [5, 5.41) is 0. The molecule has 0 unspecified atom stereocenters.